The first-order chi connectivity index (χ1) is 15.3. The molecule has 3 rings (SSSR count). The molecule has 0 spiro atoms. The summed E-state index contributed by atoms with van der Waals surface area (Å²) in [5.41, 5.74) is 2.09. The standard InChI is InChI=1S/C25H32N2O4S/c1-19(22-11-5-3-6-12-22)17-26-24(28)20(2)32(30,31)18-21-10-9-13-23(16-21)25(29)27-14-7-4-8-15-27/h3,5-6,9-13,16,19-20H,4,7-8,14-15,17-18H2,1-2H3,(H,26,28). The smallest absolute Gasteiger partial charge is 0.253 e. The molecule has 2 amide bonds. The number of nitrogens with zero attached hydrogens (tertiary/aromatic N) is 1. The van der Waals surface area contributed by atoms with Crippen molar-refractivity contribution in [2.75, 3.05) is 19.6 Å². The van der Waals surface area contributed by atoms with Crippen LogP contribution < -0.4 is 5.32 Å². The van der Waals surface area contributed by atoms with Gasteiger partial charge in [0.05, 0.1) is 5.75 Å². The van der Waals surface area contributed by atoms with Crippen molar-refractivity contribution in [3.8, 4) is 0 Å². The number of hydrogen-bond donors (Lipinski definition) is 1. The largest absolute Gasteiger partial charge is 0.354 e. The van der Waals surface area contributed by atoms with Crippen LogP contribution >= 0.6 is 0 Å². The third-order valence-corrected chi connectivity index (χ3v) is 8.07. The van der Waals surface area contributed by atoms with Gasteiger partial charge in [0.25, 0.3) is 5.91 Å². The van der Waals surface area contributed by atoms with Crippen molar-refractivity contribution in [1.29, 1.82) is 0 Å². The summed E-state index contributed by atoms with van der Waals surface area (Å²) < 4.78 is 25.8. The van der Waals surface area contributed by atoms with Gasteiger partial charge >= 0.3 is 0 Å². The molecule has 0 saturated carbocycles. The zero-order chi connectivity index (χ0) is 23.1. The first kappa shape index (κ1) is 24.0. The summed E-state index contributed by atoms with van der Waals surface area (Å²) in [5.74, 6) is -0.776. The molecule has 1 saturated heterocycles. The number of sulfone groups is 1. The minimum Gasteiger partial charge on any atom is -0.354 e. The number of nitrogens with one attached hydrogen (secondary N) is 1. The predicted molar refractivity (Wildman–Crippen MR) is 126 cm³/mol. The maximum Gasteiger partial charge on any atom is 0.253 e. The van der Waals surface area contributed by atoms with E-state index in [9.17, 15) is 18.0 Å². The molecular weight excluding hydrogens is 424 g/mol. The van der Waals surface area contributed by atoms with E-state index in [1.165, 1.54) is 6.92 Å². The maximum atomic E-state index is 12.9. The van der Waals surface area contributed by atoms with E-state index < -0.39 is 21.0 Å². The Morgan fingerprint density at radius 1 is 0.969 bits per heavy atom. The zero-order valence-electron chi connectivity index (χ0n) is 18.8. The number of carbonyl (C=O) groups is 2. The zero-order valence-corrected chi connectivity index (χ0v) is 19.6. The molecule has 2 aromatic rings. The van der Waals surface area contributed by atoms with Crippen molar-refractivity contribution in [3.05, 3.63) is 71.3 Å². The van der Waals surface area contributed by atoms with E-state index in [4.69, 9.17) is 0 Å². The van der Waals surface area contributed by atoms with Crippen LogP contribution in [0, 0.1) is 0 Å². The van der Waals surface area contributed by atoms with E-state index in [0.29, 0.717) is 17.7 Å². The number of carbonyl (C=O) groups excluding carboxylic acids is 2. The third-order valence-electron chi connectivity index (χ3n) is 6.04. The molecule has 32 heavy (non-hydrogen) atoms. The second kappa shape index (κ2) is 10.8. The summed E-state index contributed by atoms with van der Waals surface area (Å²) in [6.45, 7) is 5.24. The lowest BCUT2D eigenvalue weighted by Gasteiger charge is -2.26. The summed E-state index contributed by atoms with van der Waals surface area (Å²) in [5, 5.41) is 1.59. The van der Waals surface area contributed by atoms with Gasteiger partial charge in [-0.2, -0.15) is 0 Å². The lowest BCUT2D eigenvalue weighted by atomic mass is 10.0. The summed E-state index contributed by atoms with van der Waals surface area (Å²) in [6, 6.07) is 16.5. The molecular formula is C25H32N2O4S. The van der Waals surface area contributed by atoms with E-state index in [1.54, 1.807) is 24.3 Å². The highest BCUT2D eigenvalue weighted by Crippen LogP contribution is 2.18. The number of benzene rings is 2. The Morgan fingerprint density at radius 2 is 1.66 bits per heavy atom. The molecule has 2 aromatic carbocycles. The molecule has 1 fully saturated rings. The van der Waals surface area contributed by atoms with Gasteiger partial charge in [0, 0.05) is 25.2 Å². The molecule has 172 valence electrons. The number of piperidine rings is 1. The predicted octanol–water partition coefficient (Wildman–Crippen LogP) is 3.54. The van der Waals surface area contributed by atoms with Gasteiger partial charge in [0.1, 0.15) is 5.25 Å². The van der Waals surface area contributed by atoms with Gasteiger partial charge in [0.15, 0.2) is 9.84 Å². The van der Waals surface area contributed by atoms with Gasteiger partial charge in [0.2, 0.25) is 5.91 Å². The van der Waals surface area contributed by atoms with Gasteiger partial charge in [-0.1, -0.05) is 49.4 Å². The van der Waals surface area contributed by atoms with E-state index in [-0.39, 0.29) is 17.6 Å². The highest BCUT2D eigenvalue weighted by Gasteiger charge is 2.29. The number of amides is 2. The number of likely N-dealkylation sites (tertiary alicyclic amines) is 1. The Labute approximate surface area is 190 Å². The molecule has 6 nitrogen and oxygen atoms in total. The van der Waals surface area contributed by atoms with Crippen molar-refractivity contribution in [2.45, 2.75) is 50.0 Å². The van der Waals surface area contributed by atoms with Crippen LogP contribution in [0.1, 0.15) is 60.5 Å². The molecule has 0 radical (unpaired) electrons. The SMILES string of the molecule is CC(CNC(=O)C(C)S(=O)(=O)Cc1cccc(C(=O)N2CCCCC2)c1)c1ccccc1. The van der Waals surface area contributed by atoms with E-state index in [1.807, 2.05) is 42.2 Å². The van der Waals surface area contributed by atoms with Crippen molar-refractivity contribution in [3.63, 3.8) is 0 Å². The monoisotopic (exact) mass is 456 g/mol. The summed E-state index contributed by atoms with van der Waals surface area (Å²) in [7, 11) is -3.73. The average molecular weight is 457 g/mol. The quantitative estimate of drug-likeness (QED) is 0.659. The van der Waals surface area contributed by atoms with Crippen LogP contribution in [0.5, 0.6) is 0 Å². The Morgan fingerprint density at radius 3 is 2.34 bits per heavy atom. The summed E-state index contributed by atoms with van der Waals surface area (Å²) in [4.78, 5) is 27.1. The van der Waals surface area contributed by atoms with Gasteiger partial charge in [-0.15, -0.1) is 0 Å². The first-order valence-electron chi connectivity index (χ1n) is 11.2. The Kier molecular flexibility index (Phi) is 8.07. The summed E-state index contributed by atoms with van der Waals surface area (Å²) >= 11 is 0. The normalized spacial score (nSPS) is 16.2. The highest BCUT2D eigenvalue weighted by molar-refractivity contribution is 7.92. The fraction of sp³-hybridized carbons (Fsp3) is 0.440. The Bertz CT molecular complexity index is 1030. The minimum absolute atomic E-state index is 0.0651. The molecule has 1 aliphatic heterocycles. The lowest BCUT2D eigenvalue weighted by molar-refractivity contribution is -0.120. The second-order valence-electron chi connectivity index (χ2n) is 8.56. The fourth-order valence-electron chi connectivity index (χ4n) is 3.89. The molecule has 1 aliphatic rings. The Hall–Kier alpha value is -2.67. The highest BCUT2D eigenvalue weighted by atomic mass is 32.2. The first-order valence-corrected chi connectivity index (χ1v) is 12.9. The Balaban J connectivity index is 1.61. The number of hydrogen-bond acceptors (Lipinski definition) is 4. The topological polar surface area (TPSA) is 83.5 Å². The molecule has 7 heteroatoms. The van der Waals surface area contributed by atoms with Crippen LogP contribution in [-0.4, -0.2) is 50.0 Å². The fourth-order valence-corrected chi connectivity index (χ4v) is 5.19. The van der Waals surface area contributed by atoms with E-state index >= 15 is 0 Å². The van der Waals surface area contributed by atoms with Crippen molar-refractivity contribution < 1.29 is 18.0 Å². The summed E-state index contributed by atoms with van der Waals surface area (Å²) in [6.07, 6.45) is 3.12. The molecule has 0 bridgehead atoms. The van der Waals surface area contributed by atoms with E-state index in [0.717, 1.165) is 37.9 Å². The lowest BCUT2D eigenvalue weighted by Crippen LogP contribution is -2.40. The van der Waals surface area contributed by atoms with Crippen LogP contribution in [-0.2, 0) is 20.4 Å². The molecule has 2 atom stereocenters. The maximum absolute atomic E-state index is 12.9. The van der Waals surface area contributed by atoms with Gasteiger partial charge in [-0.3, -0.25) is 9.59 Å². The molecule has 0 aromatic heterocycles. The average Bonchev–Trinajstić information content (AvgIpc) is 2.82. The van der Waals surface area contributed by atoms with Crippen LogP contribution in [0.2, 0.25) is 0 Å². The van der Waals surface area contributed by atoms with Gasteiger partial charge in [-0.05, 0) is 55.4 Å². The third kappa shape index (κ3) is 6.19. The molecule has 1 heterocycles. The van der Waals surface area contributed by atoms with Crippen molar-refractivity contribution >= 4 is 21.7 Å². The second-order valence-corrected chi connectivity index (χ2v) is 10.9. The molecule has 0 aliphatic carbocycles. The molecule has 1 N–H and O–H groups in total. The van der Waals surface area contributed by atoms with Gasteiger partial charge in [-0.25, -0.2) is 8.42 Å². The van der Waals surface area contributed by atoms with Gasteiger partial charge < -0.3 is 10.2 Å². The van der Waals surface area contributed by atoms with Crippen LogP contribution in [0.4, 0.5) is 0 Å². The van der Waals surface area contributed by atoms with Crippen LogP contribution in [0.15, 0.2) is 54.6 Å². The van der Waals surface area contributed by atoms with Crippen LogP contribution in [0.3, 0.4) is 0 Å². The van der Waals surface area contributed by atoms with E-state index in [2.05, 4.69) is 5.32 Å². The molecule has 2 unspecified atom stereocenters. The minimum atomic E-state index is -3.73. The van der Waals surface area contributed by atoms with Crippen LogP contribution in [0.25, 0.3) is 0 Å². The number of rotatable bonds is 8. The van der Waals surface area contributed by atoms with Crippen molar-refractivity contribution in [1.82, 2.24) is 10.2 Å². The van der Waals surface area contributed by atoms with Crippen molar-refractivity contribution in [2.24, 2.45) is 0 Å².